The average molecular weight is 614 g/mol. The highest BCUT2D eigenvalue weighted by Gasteiger charge is 2.39. The number of carbonyl (C=O) groups excluding carboxylic acids is 2. The minimum absolute atomic E-state index is 0.0766. The Balaban J connectivity index is 1.44. The van der Waals surface area contributed by atoms with Crippen molar-refractivity contribution in [3.8, 4) is 17.2 Å². The van der Waals surface area contributed by atoms with Crippen LogP contribution >= 0.6 is 0 Å². The van der Waals surface area contributed by atoms with Gasteiger partial charge in [-0.25, -0.2) is 0 Å². The second kappa shape index (κ2) is 13.8. The zero-order valence-electron chi connectivity index (χ0n) is 26.5. The number of anilines is 1. The zero-order valence-corrected chi connectivity index (χ0v) is 26.5. The number of hydrogen-bond donors (Lipinski definition) is 0. The van der Waals surface area contributed by atoms with Crippen molar-refractivity contribution in [1.29, 1.82) is 0 Å². The standard InChI is InChI=1S/C39H39N3O4/c1-4-5-24-40(39(44)37(28-15-8-6-9-16-28)29-17-10-7-11-18-29)27-36(43)42-33-20-13-12-19-32(33)41-25-14-21-34(41)38(42)31-26-30(45-2)22-23-35(31)46-3/h6-23,25-26,37-38H,4-5,24,27H2,1-3H3. The van der Waals surface area contributed by atoms with E-state index in [0.717, 1.165) is 46.6 Å². The van der Waals surface area contributed by atoms with Crippen LogP contribution in [0.25, 0.3) is 5.69 Å². The quantitative estimate of drug-likeness (QED) is 0.156. The van der Waals surface area contributed by atoms with Gasteiger partial charge in [0.05, 0.1) is 37.2 Å². The number of methoxy groups -OCH3 is 2. The molecule has 0 fully saturated rings. The monoisotopic (exact) mass is 613 g/mol. The van der Waals surface area contributed by atoms with Gasteiger partial charge in [-0.1, -0.05) is 86.1 Å². The van der Waals surface area contributed by atoms with Gasteiger partial charge in [0.1, 0.15) is 24.1 Å². The molecule has 0 radical (unpaired) electrons. The van der Waals surface area contributed by atoms with Gasteiger partial charge < -0.3 is 18.9 Å². The van der Waals surface area contributed by atoms with Crippen molar-refractivity contribution in [3.05, 3.63) is 144 Å². The Bertz CT molecular complexity index is 1760. The minimum atomic E-state index is -0.535. The van der Waals surface area contributed by atoms with Crippen LogP contribution in [0.1, 0.15) is 54.1 Å². The first-order valence-corrected chi connectivity index (χ1v) is 15.7. The van der Waals surface area contributed by atoms with Crippen LogP contribution in [0.5, 0.6) is 11.5 Å². The fourth-order valence-electron chi connectivity index (χ4n) is 6.42. The number of hydrogen-bond acceptors (Lipinski definition) is 4. The molecule has 0 saturated heterocycles. The van der Waals surface area contributed by atoms with Crippen molar-refractivity contribution in [3.63, 3.8) is 0 Å². The highest BCUT2D eigenvalue weighted by atomic mass is 16.5. The van der Waals surface area contributed by atoms with Crippen LogP contribution in [0.2, 0.25) is 0 Å². The Hall–Kier alpha value is -5.30. The van der Waals surface area contributed by atoms with Crippen molar-refractivity contribution in [2.75, 3.05) is 32.2 Å². The largest absolute Gasteiger partial charge is 0.497 e. The third-order valence-corrected chi connectivity index (χ3v) is 8.65. The van der Waals surface area contributed by atoms with Gasteiger partial charge in [-0.15, -0.1) is 0 Å². The summed E-state index contributed by atoms with van der Waals surface area (Å²) in [7, 11) is 3.26. The van der Waals surface area contributed by atoms with Crippen LogP contribution in [0, 0.1) is 0 Å². The van der Waals surface area contributed by atoms with E-state index in [0.29, 0.717) is 18.0 Å². The van der Waals surface area contributed by atoms with E-state index < -0.39 is 12.0 Å². The molecule has 1 atom stereocenters. The Morgan fingerprint density at radius 2 is 1.43 bits per heavy atom. The Morgan fingerprint density at radius 1 is 0.783 bits per heavy atom. The molecule has 234 valence electrons. The summed E-state index contributed by atoms with van der Waals surface area (Å²) in [6.45, 7) is 2.49. The summed E-state index contributed by atoms with van der Waals surface area (Å²) >= 11 is 0. The molecule has 0 N–H and O–H groups in total. The van der Waals surface area contributed by atoms with E-state index >= 15 is 0 Å². The number of ether oxygens (including phenoxy) is 2. The lowest BCUT2D eigenvalue weighted by molar-refractivity contribution is -0.136. The highest BCUT2D eigenvalue weighted by molar-refractivity contribution is 6.01. The summed E-state index contributed by atoms with van der Waals surface area (Å²) in [6, 6.07) is 36.6. The van der Waals surface area contributed by atoms with Crippen molar-refractivity contribution in [2.45, 2.75) is 31.7 Å². The van der Waals surface area contributed by atoms with Crippen LogP contribution in [-0.4, -0.2) is 48.6 Å². The van der Waals surface area contributed by atoms with Gasteiger partial charge in [0, 0.05) is 18.3 Å². The second-order valence-electron chi connectivity index (χ2n) is 11.4. The summed E-state index contributed by atoms with van der Waals surface area (Å²) in [5.41, 5.74) is 5.16. The molecule has 2 heterocycles. The minimum Gasteiger partial charge on any atom is -0.497 e. The fraction of sp³-hybridized carbons (Fsp3) is 0.231. The first kappa shape index (κ1) is 30.7. The number of fused-ring (bicyclic) bond motifs is 3. The van der Waals surface area contributed by atoms with E-state index in [4.69, 9.17) is 9.47 Å². The smallest absolute Gasteiger partial charge is 0.247 e. The van der Waals surface area contributed by atoms with Crippen molar-refractivity contribution in [1.82, 2.24) is 9.47 Å². The number of amides is 2. The number of aromatic nitrogens is 1. The van der Waals surface area contributed by atoms with E-state index in [1.807, 2.05) is 126 Å². The predicted octanol–water partition coefficient (Wildman–Crippen LogP) is 7.39. The summed E-state index contributed by atoms with van der Waals surface area (Å²) in [4.78, 5) is 33.0. The maximum absolute atomic E-state index is 14.9. The van der Waals surface area contributed by atoms with E-state index in [-0.39, 0.29) is 18.4 Å². The molecule has 0 aliphatic carbocycles. The molecule has 1 aliphatic heterocycles. The van der Waals surface area contributed by atoms with Gasteiger partial charge in [0.25, 0.3) is 0 Å². The molecular formula is C39H39N3O4. The van der Waals surface area contributed by atoms with Crippen molar-refractivity contribution < 1.29 is 19.1 Å². The molecule has 4 aromatic carbocycles. The van der Waals surface area contributed by atoms with E-state index in [1.54, 1.807) is 19.1 Å². The van der Waals surface area contributed by atoms with Gasteiger partial charge in [0.2, 0.25) is 11.8 Å². The Morgan fingerprint density at radius 3 is 2.07 bits per heavy atom. The summed E-state index contributed by atoms with van der Waals surface area (Å²) in [5, 5.41) is 0. The number of nitrogens with zero attached hydrogens (tertiary/aromatic N) is 3. The summed E-state index contributed by atoms with van der Waals surface area (Å²) in [5.74, 6) is 0.492. The molecule has 0 bridgehead atoms. The van der Waals surface area contributed by atoms with E-state index in [1.165, 1.54) is 0 Å². The molecule has 5 aromatic rings. The van der Waals surface area contributed by atoms with Gasteiger partial charge >= 0.3 is 0 Å². The molecule has 0 saturated carbocycles. The van der Waals surface area contributed by atoms with Gasteiger partial charge in [-0.05, 0) is 60.0 Å². The van der Waals surface area contributed by atoms with Crippen LogP contribution in [0.3, 0.4) is 0 Å². The van der Waals surface area contributed by atoms with E-state index in [9.17, 15) is 9.59 Å². The molecular weight excluding hydrogens is 574 g/mol. The van der Waals surface area contributed by atoms with Gasteiger partial charge in [-0.3, -0.25) is 14.5 Å². The molecule has 1 aromatic heterocycles. The number of rotatable bonds is 11. The molecule has 1 aliphatic rings. The van der Waals surface area contributed by atoms with E-state index in [2.05, 4.69) is 11.5 Å². The number of benzene rings is 4. The van der Waals surface area contributed by atoms with Crippen molar-refractivity contribution in [2.24, 2.45) is 0 Å². The van der Waals surface area contributed by atoms with Crippen LogP contribution in [0.4, 0.5) is 5.69 Å². The molecule has 46 heavy (non-hydrogen) atoms. The lowest BCUT2D eigenvalue weighted by Crippen LogP contribution is -2.48. The summed E-state index contributed by atoms with van der Waals surface area (Å²) < 4.78 is 13.6. The predicted molar refractivity (Wildman–Crippen MR) is 181 cm³/mol. The SMILES string of the molecule is CCCCN(CC(=O)N1c2ccccc2-n2cccc2C1c1cc(OC)ccc1OC)C(=O)C(c1ccccc1)c1ccccc1. The molecule has 6 rings (SSSR count). The fourth-order valence-corrected chi connectivity index (χ4v) is 6.42. The maximum Gasteiger partial charge on any atom is 0.247 e. The third-order valence-electron chi connectivity index (χ3n) is 8.65. The molecule has 0 spiro atoms. The number of carbonyl (C=O) groups is 2. The lowest BCUT2D eigenvalue weighted by Gasteiger charge is -2.40. The molecule has 2 amide bonds. The van der Waals surface area contributed by atoms with Gasteiger partial charge in [-0.2, -0.15) is 0 Å². The molecule has 1 unspecified atom stereocenters. The lowest BCUT2D eigenvalue weighted by atomic mass is 9.90. The molecule has 7 nitrogen and oxygen atoms in total. The zero-order chi connectivity index (χ0) is 32.0. The first-order valence-electron chi connectivity index (χ1n) is 15.7. The Kier molecular flexibility index (Phi) is 9.20. The summed E-state index contributed by atoms with van der Waals surface area (Å²) in [6.07, 6.45) is 3.68. The number of para-hydroxylation sites is 2. The van der Waals surface area contributed by atoms with Crippen LogP contribution in [-0.2, 0) is 9.59 Å². The van der Waals surface area contributed by atoms with Crippen molar-refractivity contribution >= 4 is 17.5 Å². The number of unbranched alkanes of at least 4 members (excludes halogenated alkanes) is 1. The second-order valence-corrected chi connectivity index (χ2v) is 11.4. The third kappa shape index (κ3) is 5.88. The molecule has 7 heteroatoms. The maximum atomic E-state index is 14.9. The first-order chi connectivity index (χ1) is 22.5. The topological polar surface area (TPSA) is 64.0 Å². The van der Waals surface area contributed by atoms with Gasteiger partial charge in [0.15, 0.2) is 0 Å². The normalized spacial score (nSPS) is 13.6. The average Bonchev–Trinajstić information content (AvgIpc) is 3.60. The Labute approximate surface area is 270 Å². The van der Waals surface area contributed by atoms with Crippen LogP contribution in [0.15, 0.2) is 121 Å². The van der Waals surface area contributed by atoms with Crippen LogP contribution < -0.4 is 14.4 Å². The highest BCUT2D eigenvalue weighted by Crippen LogP contribution is 2.45.